The maximum Gasteiger partial charge on any atom is 0.252 e. The fraction of sp³-hybridized carbons (Fsp3) is 0.250. The maximum atomic E-state index is 12.2. The molecule has 2 aromatic rings. The summed E-state index contributed by atoms with van der Waals surface area (Å²) in [6, 6.07) is 7.19. The highest BCUT2D eigenvalue weighted by molar-refractivity contribution is 5.96. The number of hydrogen-bond acceptors (Lipinski definition) is 3. The van der Waals surface area contributed by atoms with Crippen LogP contribution in [0.2, 0.25) is 0 Å². The lowest BCUT2D eigenvalue weighted by atomic mass is 10.1. The van der Waals surface area contributed by atoms with E-state index in [1.54, 1.807) is 30.7 Å². The Balaban J connectivity index is 1.97. The second-order valence-corrected chi connectivity index (χ2v) is 4.40. The zero-order valence-corrected chi connectivity index (χ0v) is 11.6. The van der Waals surface area contributed by atoms with Crippen molar-refractivity contribution in [1.29, 1.82) is 0 Å². The summed E-state index contributed by atoms with van der Waals surface area (Å²) in [5.74, 6) is 5.59. The number of aliphatic hydroxyl groups excluding tert-OH is 1. The van der Waals surface area contributed by atoms with Crippen molar-refractivity contribution < 1.29 is 9.90 Å². The SMILES string of the molecule is O=C(NCCc1cnc[nH]1)c1ccccc1C#CCCO. The third kappa shape index (κ3) is 4.48. The molecule has 1 heterocycles. The molecule has 0 aliphatic rings. The minimum absolute atomic E-state index is 0.0194. The van der Waals surface area contributed by atoms with Crippen LogP contribution < -0.4 is 5.32 Å². The van der Waals surface area contributed by atoms with Crippen LogP contribution in [0.4, 0.5) is 0 Å². The number of amides is 1. The fourth-order valence-electron chi connectivity index (χ4n) is 1.83. The lowest BCUT2D eigenvalue weighted by molar-refractivity contribution is 0.0954. The van der Waals surface area contributed by atoms with Crippen LogP contribution in [-0.2, 0) is 6.42 Å². The van der Waals surface area contributed by atoms with E-state index >= 15 is 0 Å². The van der Waals surface area contributed by atoms with Gasteiger partial charge in [0.25, 0.3) is 5.91 Å². The Labute approximate surface area is 123 Å². The molecular weight excluding hydrogens is 266 g/mol. The Morgan fingerprint density at radius 2 is 2.24 bits per heavy atom. The maximum absolute atomic E-state index is 12.2. The number of nitrogens with zero attached hydrogens (tertiary/aromatic N) is 1. The highest BCUT2D eigenvalue weighted by Gasteiger charge is 2.08. The minimum Gasteiger partial charge on any atom is -0.395 e. The molecule has 0 atom stereocenters. The summed E-state index contributed by atoms with van der Waals surface area (Å²) in [6.07, 6.45) is 4.45. The second kappa shape index (κ2) is 7.88. The van der Waals surface area contributed by atoms with Crippen molar-refractivity contribution in [2.24, 2.45) is 0 Å². The second-order valence-electron chi connectivity index (χ2n) is 4.40. The number of hydrogen-bond donors (Lipinski definition) is 3. The van der Waals surface area contributed by atoms with Crippen molar-refractivity contribution in [1.82, 2.24) is 15.3 Å². The van der Waals surface area contributed by atoms with E-state index in [0.29, 0.717) is 30.5 Å². The van der Waals surface area contributed by atoms with E-state index in [4.69, 9.17) is 5.11 Å². The van der Waals surface area contributed by atoms with E-state index in [9.17, 15) is 4.79 Å². The molecule has 21 heavy (non-hydrogen) atoms. The van der Waals surface area contributed by atoms with Gasteiger partial charge in [0.1, 0.15) is 0 Å². The monoisotopic (exact) mass is 283 g/mol. The fourth-order valence-corrected chi connectivity index (χ4v) is 1.83. The molecule has 0 unspecified atom stereocenters. The van der Waals surface area contributed by atoms with Crippen LogP contribution >= 0.6 is 0 Å². The molecule has 0 saturated heterocycles. The molecule has 3 N–H and O–H groups in total. The third-order valence-electron chi connectivity index (χ3n) is 2.87. The van der Waals surface area contributed by atoms with Crippen LogP contribution in [-0.4, -0.2) is 34.1 Å². The first kappa shape index (κ1) is 14.8. The average molecular weight is 283 g/mol. The Morgan fingerprint density at radius 3 is 3.00 bits per heavy atom. The molecule has 1 aromatic carbocycles. The van der Waals surface area contributed by atoms with Crippen molar-refractivity contribution in [3.8, 4) is 11.8 Å². The molecule has 0 saturated carbocycles. The number of carbonyl (C=O) groups excluding carboxylic acids is 1. The van der Waals surface area contributed by atoms with E-state index in [-0.39, 0.29) is 12.5 Å². The minimum atomic E-state index is -0.150. The van der Waals surface area contributed by atoms with E-state index in [0.717, 1.165) is 5.69 Å². The smallest absolute Gasteiger partial charge is 0.252 e. The summed E-state index contributed by atoms with van der Waals surface area (Å²) in [5, 5.41) is 11.6. The van der Waals surface area contributed by atoms with E-state index < -0.39 is 0 Å². The van der Waals surface area contributed by atoms with Gasteiger partial charge < -0.3 is 15.4 Å². The van der Waals surface area contributed by atoms with Gasteiger partial charge in [0.15, 0.2) is 0 Å². The van der Waals surface area contributed by atoms with Gasteiger partial charge in [-0.3, -0.25) is 4.79 Å². The molecular formula is C16H17N3O2. The first-order valence-corrected chi connectivity index (χ1v) is 6.75. The van der Waals surface area contributed by atoms with Gasteiger partial charge in [-0.15, -0.1) is 0 Å². The number of H-pyrrole nitrogens is 1. The number of benzene rings is 1. The van der Waals surface area contributed by atoms with Gasteiger partial charge in [0.2, 0.25) is 0 Å². The van der Waals surface area contributed by atoms with Crippen LogP contribution in [0.5, 0.6) is 0 Å². The predicted octanol–water partition coefficient (Wildman–Crippen LogP) is 1.12. The van der Waals surface area contributed by atoms with Gasteiger partial charge >= 0.3 is 0 Å². The van der Waals surface area contributed by atoms with Crippen LogP contribution in [0, 0.1) is 11.8 Å². The topological polar surface area (TPSA) is 78.0 Å². The van der Waals surface area contributed by atoms with Crippen LogP contribution in [0.25, 0.3) is 0 Å². The number of aliphatic hydroxyl groups is 1. The van der Waals surface area contributed by atoms with Gasteiger partial charge in [-0.25, -0.2) is 4.98 Å². The van der Waals surface area contributed by atoms with Gasteiger partial charge in [-0.1, -0.05) is 24.0 Å². The van der Waals surface area contributed by atoms with Crippen molar-refractivity contribution >= 4 is 5.91 Å². The van der Waals surface area contributed by atoms with Crippen LogP contribution in [0.1, 0.15) is 28.0 Å². The lowest BCUT2D eigenvalue weighted by Crippen LogP contribution is -2.26. The normalized spacial score (nSPS) is 9.76. The zero-order valence-electron chi connectivity index (χ0n) is 11.6. The zero-order chi connectivity index (χ0) is 14.9. The summed E-state index contributed by atoms with van der Waals surface area (Å²) >= 11 is 0. The standard InChI is InChI=1S/C16H17N3O2/c20-10-4-3-6-13-5-1-2-7-15(13)16(21)18-9-8-14-11-17-12-19-14/h1-2,5,7,11-12,20H,4,8-10H2,(H,17,19)(H,18,21). The first-order chi connectivity index (χ1) is 10.3. The molecule has 1 amide bonds. The quantitative estimate of drug-likeness (QED) is 0.719. The predicted molar refractivity (Wildman–Crippen MR) is 79.6 cm³/mol. The van der Waals surface area contributed by atoms with Crippen LogP contribution in [0.3, 0.4) is 0 Å². The van der Waals surface area contributed by atoms with E-state index in [1.165, 1.54) is 0 Å². The van der Waals surface area contributed by atoms with E-state index in [1.807, 2.05) is 6.07 Å². The number of carbonyl (C=O) groups is 1. The summed E-state index contributed by atoms with van der Waals surface area (Å²) in [7, 11) is 0. The van der Waals surface area contributed by atoms with Gasteiger partial charge in [-0.2, -0.15) is 0 Å². The number of aromatic amines is 1. The average Bonchev–Trinajstić information content (AvgIpc) is 3.01. The Morgan fingerprint density at radius 1 is 1.38 bits per heavy atom. The molecule has 0 fully saturated rings. The molecule has 2 rings (SSSR count). The van der Waals surface area contributed by atoms with Gasteiger partial charge in [-0.05, 0) is 12.1 Å². The summed E-state index contributed by atoms with van der Waals surface area (Å²) in [5.41, 5.74) is 2.20. The summed E-state index contributed by atoms with van der Waals surface area (Å²) < 4.78 is 0. The molecule has 0 spiro atoms. The molecule has 0 bridgehead atoms. The molecule has 0 aliphatic carbocycles. The number of nitrogens with one attached hydrogen (secondary N) is 2. The molecule has 108 valence electrons. The van der Waals surface area contributed by atoms with Crippen molar-refractivity contribution in [2.45, 2.75) is 12.8 Å². The Kier molecular flexibility index (Phi) is 5.56. The molecule has 0 radical (unpaired) electrons. The lowest BCUT2D eigenvalue weighted by Gasteiger charge is -2.06. The van der Waals surface area contributed by atoms with Gasteiger partial charge in [0, 0.05) is 36.8 Å². The summed E-state index contributed by atoms with van der Waals surface area (Å²) in [6.45, 7) is 0.547. The molecule has 5 nitrogen and oxygen atoms in total. The molecule has 5 heteroatoms. The van der Waals surface area contributed by atoms with Crippen molar-refractivity contribution in [3.05, 3.63) is 53.6 Å². The van der Waals surface area contributed by atoms with Gasteiger partial charge in [0.05, 0.1) is 18.5 Å². The van der Waals surface area contributed by atoms with Crippen molar-refractivity contribution in [2.75, 3.05) is 13.2 Å². The number of imidazole rings is 1. The Hall–Kier alpha value is -2.58. The number of rotatable bonds is 5. The highest BCUT2D eigenvalue weighted by atomic mass is 16.2. The largest absolute Gasteiger partial charge is 0.395 e. The van der Waals surface area contributed by atoms with Crippen molar-refractivity contribution in [3.63, 3.8) is 0 Å². The summed E-state index contributed by atoms with van der Waals surface area (Å²) in [4.78, 5) is 19.1. The Bertz CT molecular complexity index is 639. The first-order valence-electron chi connectivity index (χ1n) is 6.75. The molecule has 0 aliphatic heterocycles. The molecule has 1 aromatic heterocycles. The number of aromatic nitrogens is 2. The van der Waals surface area contributed by atoms with Crippen LogP contribution in [0.15, 0.2) is 36.8 Å². The highest BCUT2D eigenvalue weighted by Crippen LogP contribution is 2.07. The third-order valence-corrected chi connectivity index (χ3v) is 2.87. The van der Waals surface area contributed by atoms with E-state index in [2.05, 4.69) is 27.1 Å².